The fourth-order valence-electron chi connectivity index (χ4n) is 3.94. The molecule has 3 rings (SSSR count). The van der Waals surface area contributed by atoms with E-state index in [4.69, 9.17) is 9.47 Å². The normalized spacial score (nSPS) is 12.5. The van der Waals surface area contributed by atoms with Crippen LogP contribution in [0.1, 0.15) is 55.2 Å². The summed E-state index contributed by atoms with van der Waals surface area (Å²) in [7, 11) is 1.36. The van der Waals surface area contributed by atoms with Crippen molar-refractivity contribution in [2.24, 2.45) is 5.92 Å². The van der Waals surface area contributed by atoms with Crippen molar-refractivity contribution in [2.75, 3.05) is 7.11 Å². The van der Waals surface area contributed by atoms with Crippen LogP contribution in [0.15, 0.2) is 60.8 Å². The molecule has 39 heavy (non-hydrogen) atoms. The predicted octanol–water partition coefficient (Wildman–Crippen LogP) is 4.38. The van der Waals surface area contributed by atoms with Gasteiger partial charge >= 0.3 is 5.97 Å². The lowest BCUT2D eigenvalue weighted by atomic mass is 9.85. The standard InChI is InChI=1S/C29H31F2N3O5/c1-16(2)29(37)39-26-23(38-5)14-15-32-25(26)28(36)34-18(4)27(35)33-17(3)24(19-6-10-21(30)11-7-19)20-8-12-22(31)13-9-20/h6-18,24H,1-5H3,(H,33,35)(H,34,36)/t17-,18+/m1/s1. The van der Waals surface area contributed by atoms with Crippen molar-refractivity contribution in [3.8, 4) is 11.5 Å². The minimum Gasteiger partial charge on any atom is -0.493 e. The van der Waals surface area contributed by atoms with E-state index >= 15 is 0 Å². The zero-order valence-electron chi connectivity index (χ0n) is 22.3. The van der Waals surface area contributed by atoms with Gasteiger partial charge in [0.2, 0.25) is 11.7 Å². The first-order chi connectivity index (χ1) is 18.5. The van der Waals surface area contributed by atoms with Gasteiger partial charge in [0.1, 0.15) is 17.7 Å². The minimum absolute atomic E-state index is 0.135. The summed E-state index contributed by atoms with van der Waals surface area (Å²) in [6.07, 6.45) is 1.32. The van der Waals surface area contributed by atoms with Gasteiger partial charge in [0.05, 0.1) is 13.0 Å². The number of pyridine rings is 1. The summed E-state index contributed by atoms with van der Waals surface area (Å²) < 4.78 is 37.7. The lowest BCUT2D eigenvalue weighted by Crippen LogP contribution is -2.49. The smallest absolute Gasteiger partial charge is 0.313 e. The van der Waals surface area contributed by atoms with Gasteiger partial charge in [-0.3, -0.25) is 14.4 Å². The molecular weight excluding hydrogens is 508 g/mol. The summed E-state index contributed by atoms with van der Waals surface area (Å²) in [6.45, 7) is 6.54. The molecule has 206 valence electrons. The maximum absolute atomic E-state index is 13.6. The van der Waals surface area contributed by atoms with Crippen molar-refractivity contribution in [1.29, 1.82) is 0 Å². The summed E-state index contributed by atoms with van der Waals surface area (Å²) in [4.78, 5) is 42.4. The second kappa shape index (κ2) is 12.9. The number of halogens is 2. The van der Waals surface area contributed by atoms with Crippen molar-refractivity contribution in [1.82, 2.24) is 15.6 Å². The zero-order chi connectivity index (χ0) is 28.7. The van der Waals surface area contributed by atoms with E-state index in [1.165, 1.54) is 50.6 Å². The van der Waals surface area contributed by atoms with Crippen molar-refractivity contribution in [3.05, 3.63) is 89.2 Å². The Morgan fingerprint density at radius 2 is 1.36 bits per heavy atom. The van der Waals surface area contributed by atoms with E-state index in [-0.39, 0.29) is 17.2 Å². The molecule has 0 spiro atoms. The van der Waals surface area contributed by atoms with E-state index in [0.717, 1.165) is 0 Å². The SMILES string of the molecule is COc1ccnc(C(=O)N[C@@H](C)C(=O)N[C@H](C)C(c2ccc(F)cc2)c2ccc(F)cc2)c1OC(=O)C(C)C. The fraction of sp³-hybridized carbons (Fsp3) is 0.310. The van der Waals surface area contributed by atoms with Gasteiger partial charge in [0.25, 0.3) is 5.91 Å². The molecule has 0 aliphatic rings. The first-order valence-electron chi connectivity index (χ1n) is 12.4. The highest BCUT2D eigenvalue weighted by atomic mass is 19.1. The average molecular weight is 540 g/mol. The summed E-state index contributed by atoms with van der Waals surface area (Å²) in [5, 5.41) is 5.44. The molecule has 10 heteroatoms. The molecule has 0 unspecified atom stereocenters. The minimum atomic E-state index is -1.01. The number of aromatic nitrogens is 1. The molecule has 2 N–H and O–H groups in total. The van der Waals surface area contributed by atoms with Crippen LogP contribution in [0.4, 0.5) is 8.78 Å². The molecule has 1 aromatic heterocycles. The molecule has 1 heterocycles. The number of nitrogens with one attached hydrogen (secondary N) is 2. The molecule has 2 amide bonds. The Bertz CT molecular complexity index is 1270. The highest BCUT2D eigenvalue weighted by molar-refractivity contribution is 5.99. The number of amides is 2. The maximum Gasteiger partial charge on any atom is 0.313 e. The van der Waals surface area contributed by atoms with Crippen LogP contribution in [0.25, 0.3) is 0 Å². The van der Waals surface area contributed by atoms with Crippen molar-refractivity contribution in [3.63, 3.8) is 0 Å². The van der Waals surface area contributed by atoms with Crippen LogP contribution in [0.2, 0.25) is 0 Å². The van der Waals surface area contributed by atoms with Gasteiger partial charge in [-0.1, -0.05) is 38.1 Å². The van der Waals surface area contributed by atoms with E-state index in [2.05, 4.69) is 15.6 Å². The van der Waals surface area contributed by atoms with Gasteiger partial charge in [-0.15, -0.1) is 0 Å². The van der Waals surface area contributed by atoms with E-state index in [9.17, 15) is 23.2 Å². The highest BCUT2D eigenvalue weighted by Gasteiger charge is 2.28. The molecular formula is C29H31F2N3O5. The number of rotatable bonds is 10. The third-order valence-corrected chi connectivity index (χ3v) is 6.05. The lowest BCUT2D eigenvalue weighted by molar-refractivity contribution is -0.137. The zero-order valence-corrected chi connectivity index (χ0v) is 22.3. The van der Waals surface area contributed by atoms with Crippen molar-refractivity contribution >= 4 is 17.8 Å². The Hall–Kier alpha value is -4.34. The van der Waals surface area contributed by atoms with Gasteiger partial charge < -0.3 is 20.1 Å². The Morgan fingerprint density at radius 1 is 0.821 bits per heavy atom. The van der Waals surface area contributed by atoms with E-state index in [1.54, 1.807) is 45.0 Å². The molecule has 0 aliphatic heterocycles. The Balaban J connectivity index is 1.78. The number of benzene rings is 2. The number of methoxy groups -OCH3 is 1. The van der Waals surface area contributed by atoms with Crippen LogP contribution >= 0.6 is 0 Å². The molecule has 0 saturated heterocycles. The number of carbonyl (C=O) groups is 3. The monoisotopic (exact) mass is 539 g/mol. The first kappa shape index (κ1) is 29.2. The Labute approximate surface area is 225 Å². The van der Waals surface area contributed by atoms with Gasteiger partial charge in [-0.25, -0.2) is 13.8 Å². The van der Waals surface area contributed by atoms with Gasteiger partial charge in [-0.2, -0.15) is 0 Å². The highest BCUT2D eigenvalue weighted by Crippen LogP contribution is 2.31. The largest absolute Gasteiger partial charge is 0.493 e. The molecule has 0 bridgehead atoms. The molecule has 2 atom stereocenters. The third-order valence-electron chi connectivity index (χ3n) is 6.05. The molecule has 0 aliphatic carbocycles. The summed E-state index contributed by atoms with van der Waals surface area (Å²) in [5.41, 5.74) is 1.21. The van der Waals surface area contributed by atoms with E-state index < -0.39 is 53.3 Å². The number of carbonyl (C=O) groups excluding carboxylic acids is 3. The molecule has 0 fully saturated rings. The van der Waals surface area contributed by atoms with Crippen LogP contribution in [0.3, 0.4) is 0 Å². The third kappa shape index (κ3) is 7.37. The Kier molecular flexibility index (Phi) is 9.70. The number of hydrogen-bond acceptors (Lipinski definition) is 6. The number of hydrogen-bond donors (Lipinski definition) is 2. The molecule has 2 aromatic carbocycles. The number of nitrogens with zero attached hydrogens (tertiary/aromatic N) is 1. The van der Waals surface area contributed by atoms with E-state index in [0.29, 0.717) is 11.1 Å². The second-order valence-corrected chi connectivity index (χ2v) is 9.34. The van der Waals surface area contributed by atoms with Gasteiger partial charge in [0, 0.05) is 24.2 Å². The summed E-state index contributed by atoms with van der Waals surface area (Å²) in [5.74, 6) is -3.56. The number of ether oxygens (including phenoxy) is 2. The van der Waals surface area contributed by atoms with Crippen molar-refractivity contribution < 1.29 is 32.6 Å². The second-order valence-electron chi connectivity index (χ2n) is 9.34. The van der Waals surface area contributed by atoms with Crippen LogP contribution in [-0.2, 0) is 9.59 Å². The molecule has 8 nitrogen and oxygen atoms in total. The lowest BCUT2D eigenvalue weighted by Gasteiger charge is -2.27. The maximum atomic E-state index is 13.6. The van der Waals surface area contributed by atoms with Crippen LogP contribution in [-0.4, -0.2) is 42.0 Å². The van der Waals surface area contributed by atoms with Gasteiger partial charge in [-0.05, 0) is 49.2 Å². The topological polar surface area (TPSA) is 107 Å². The fourth-order valence-corrected chi connectivity index (χ4v) is 3.94. The molecule has 3 aromatic rings. The van der Waals surface area contributed by atoms with Gasteiger partial charge in [0.15, 0.2) is 11.4 Å². The quantitative estimate of drug-likeness (QED) is 0.371. The van der Waals surface area contributed by atoms with Crippen molar-refractivity contribution in [2.45, 2.75) is 45.7 Å². The van der Waals surface area contributed by atoms with E-state index in [1.807, 2.05) is 0 Å². The average Bonchev–Trinajstić information content (AvgIpc) is 2.90. The Morgan fingerprint density at radius 3 is 1.85 bits per heavy atom. The molecule has 0 saturated carbocycles. The van der Waals surface area contributed by atoms with Crippen LogP contribution in [0.5, 0.6) is 11.5 Å². The predicted molar refractivity (Wildman–Crippen MR) is 140 cm³/mol. The van der Waals surface area contributed by atoms with Crippen LogP contribution < -0.4 is 20.1 Å². The first-order valence-corrected chi connectivity index (χ1v) is 12.4. The number of esters is 1. The molecule has 0 radical (unpaired) electrons. The summed E-state index contributed by atoms with van der Waals surface area (Å²) in [6, 6.07) is 11.6. The summed E-state index contributed by atoms with van der Waals surface area (Å²) >= 11 is 0. The van der Waals surface area contributed by atoms with Crippen LogP contribution in [0, 0.1) is 17.6 Å².